The van der Waals surface area contributed by atoms with E-state index in [0.29, 0.717) is 16.9 Å². The minimum absolute atomic E-state index is 0.416. The van der Waals surface area contributed by atoms with Gasteiger partial charge in [0.15, 0.2) is 0 Å². The van der Waals surface area contributed by atoms with Crippen LogP contribution in [0.15, 0.2) is 12.1 Å². The molecular weight excluding hydrogens is 224 g/mol. The highest BCUT2D eigenvalue weighted by molar-refractivity contribution is 6.29. The van der Waals surface area contributed by atoms with Gasteiger partial charge in [-0.15, -0.1) is 0 Å². The Hall–Kier alpha value is -1.00. The zero-order chi connectivity index (χ0) is 12.1. The lowest BCUT2D eigenvalue weighted by molar-refractivity contribution is 0.284. The van der Waals surface area contributed by atoms with E-state index in [4.69, 9.17) is 17.3 Å². The van der Waals surface area contributed by atoms with E-state index in [1.54, 1.807) is 12.1 Å². The van der Waals surface area contributed by atoms with Crippen molar-refractivity contribution in [3.8, 4) is 0 Å². The van der Waals surface area contributed by atoms with Crippen LogP contribution >= 0.6 is 11.6 Å². The van der Waals surface area contributed by atoms with Crippen molar-refractivity contribution in [3.63, 3.8) is 0 Å². The van der Waals surface area contributed by atoms with Crippen molar-refractivity contribution in [2.45, 2.75) is 19.9 Å². The maximum Gasteiger partial charge on any atom is 0.133 e. The van der Waals surface area contributed by atoms with Crippen molar-refractivity contribution in [2.75, 3.05) is 31.2 Å². The number of rotatable bonds is 5. The number of nitrogens with one attached hydrogen (secondary N) is 1. The molecule has 0 radical (unpaired) electrons. The summed E-state index contributed by atoms with van der Waals surface area (Å²) in [6, 6.07) is 3.95. The first-order valence-corrected chi connectivity index (χ1v) is 5.74. The molecule has 0 bridgehead atoms. The Kier molecular flexibility index (Phi) is 4.83. The van der Waals surface area contributed by atoms with Crippen LogP contribution in [0, 0.1) is 0 Å². The topological polar surface area (TPSA) is 54.2 Å². The first kappa shape index (κ1) is 13.1. The molecule has 0 aromatic carbocycles. The molecule has 0 fully saturated rings. The molecule has 1 aromatic heterocycles. The molecule has 3 N–H and O–H groups in total. The number of nitrogen functional groups attached to an aromatic ring is 1. The van der Waals surface area contributed by atoms with Gasteiger partial charge in [0.25, 0.3) is 0 Å². The van der Waals surface area contributed by atoms with Gasteiger partial charge in [-0.05, 0) is 27.0 Å². The number of anilines is 2. The number of likely N-dealkylation sites (N-methyl/N-ethyl adjacent to an activating group) is 1. The number of halogens is 1. The molecule has 1 aromatic rings. The Balaban J connectivity index is 2.43. The molecule has 4 nitrogen and oxygen atoms in total. The van der Waals surface area contributed by atoms with Crippen molar-refractivity contribution < 1.29 is 0 Å². The predicted octanol–water partition coefficient (Wildman–Crippen LogP) is 2.07. The van der Waals surface area contributed by atoms with Crippen LogP contribution in [0.2, 0.25) is 5.15 Å². The second kappa shape index (κ2) is 5.92. The molecule has 5 heteroatoms. The summed E-state index contributed by atoms with van der Waals surface area (Å²) >= 11 is 5.80. The predicted molar refractivity (Wildman–Crippen MR) is 69.9 cm³/mol. The van der Waals surface area contributed by atoms with Crippen LogP contribution in [0.25, 0.3) is 0 Å². The van der Waals surface area contributed by atoms with Gasteiger partial charge in [0.2, 0.25) is 0 Å². The summed E-state index contributed by atoms with van der Waals surface area (Å²) in [5.74, 6) is 0.724. The fraction of sp³-hybridized carbons (Fsp3) is 0.545. The minimum Gasteiger partial charge on any atom is -0.399 e. The standard InChI is InChI=1S/C11H19ClN4/c1-8(2)16(3)5-4-14-11-7-9(13)6-10(12)15-11/h6-8H,4-5H2,1-3H3,(H3,13,14,15). The number of nitrogens with zero attached hydrogens (tertiary/aromatic N) is 2. The second-order valence-corrected chi connectivity index (χ2v) is 4.50. The molecule has 90 valence electrons. The summed E-state index contributed by atoms with van der Waals surface area (Å²) in [5, 5.41) is 3.61. The average molecular weight is 243 g/mol. The molecule has 0 atom stereocenters. The van der Waals surface area contributed by atoms with E-state index in [9.17, 15) is 0 Å². The first-order valence-electron chi connectivity index (χ1n) is 5.36. The summed E-state index contributed by atoms with van der Waals surface area (Å²) in [4.78, 5) is 6.38. The van der Waals surface area contributed by atoms with Crippen LogP contribution < -0.4 is 11.1 Å². The summed E-state index contributed by atoms with van der Waals surface area (Å²) in [7, 11) is 2.09. The van der Waals surface area contributed by atoms with Crippen LogP contribution in [-0.4, -0.2) is 36.1 Å². The van der Waals surface area contributed by atoms with Gasteiger partial charge in [-0.2, -0.15) is 0 Å². The largest absolute Gasteiger partial charge is 0.399 e. The maximum atomic E-state index is 5.80. The van der Waals surface area contributed by atoms with E-state index in [-0.39, 0.29) is 0 Å². The lowest BCUT2D eigenvalue weighted by Gasteiger charge is -2.21. The number of hydrogen-bond donors (Lipinski definition) is 2. The highest BCUT2D eigenvalue weighted by Crippen LogP contribution is 2.15. The third-order valence-electron chi connectivity index (χ3n) is 2.47. The van der Waals surface area contributed by atoms with Gasteiger partial charge in [0.1, 0.15) is 11.0 Å². The highest BCUT2D eigenvalue weighted by Gasteiger charge is 2.03. The Bertz CT molecular complexity index is 321. The molecule has 1 heterocycles. The molecule has 0 aliphatic heterocycles. The highest BCUT2D eigenvalue weighted by atomic mass is 35.5. The van der Waals surface area contributed by atoms with E-state index in [2.05, 4.69) is 36.1 Å². The van der Waals surface area contributed by atoms with Crippen molar-refractivity contribution in [1.29, 1.82) is 0 Å². The molecular formula is C11H19ClN4. The summed E-state index contributed by atoms with van der Waals surface area (Å²) in [6.07, 6.45) is 0. The molecule has 16 heavy (non-hydrogen) atoms. The Morgan fingerprint density at radius 1 is 1.50 bits per heavy atom. The molecule has 0 spiro atoms. The Morgan fingerprint density at radius 3 is 2.75 bits per heavy atom. The number of hydrogen-bond acceptors (Lipinski definition) is 4. The molecule has 0 amide bonds. The second-order valence-electron chi connectivity index (χ2n) is 4.11. The number of aromatic nitrogens is 1. The van der Waals surface area contributed by atoms with Crippen molar-refractivity contribution in [2.24, 2.45) is 0 Å². The van der Waals surface area contributed by atoms with E-state index >= 15 is 0 Å². The van der Waals surface area contributed by atoms with Gasteiger partial charge in [0, 0.05) is 30.9 Å². The van der Waals surface area contributed by atoms with Crippen molar-refractivity contribution in [1.82, 2.24) is 9.88 Å². The maximum absolute atomic E-state index is 5.80. The van der Waals surface area contributed by atoms with Gasteiger partial charge in [-0.1, -0.05) is 11.6 Å². The normalized spacial score (nSPS) is 11.1. The van der Waals surface area contributed by atoms with Gasteiger partial charge >= 0.3 is 0 Å². The summed E-state index contributed by atoms with van der Waals surface area (Å²) < 4.78 is 0. The number of nitrogens with two attached hydrogens (primary N) is 1. The van der Waals surface area contributed by atoms with Gasteiger partial charge in [0.05, 0.1) is 0 Å². The van der Waals surface area contributed by atoms with E-state index < -0.39 is 0 Å². The molecule has 0 aliphatic rings. The minimum atomic E-state index is 0.416. The third kappa shape index (κ3) is 4.24. The van der Waals surface area contributed by atoms with E-state index in [1.807, 2.05) is 0 Å². The molecule has 1 rings (SSSR count). The summed E-state index contributed by atoms with van der Waals surface area (Å²) in [5.41, 5.74) is 6.29. The molecule has 0 saturated heterocycles. The molecule has 0 aliphatic carbocycles. The van der Waals surface area contributed by atoms with Crippen LogP contribution in [-0.2, 0) is 0 Å². The lowest BCUT2D eigenvalue weighted by atomic mass is 10.3. The van der Waals surface area contributed by atoms with Gasteiger partial charge < -0.3 is 16.0 Å². The average Bonchev–Trinajstić information content (AvgIpc) is 2.15. The van der Waals surface area contributed by atoms with E-state index in [0.717, 1.165) is 18.9 Å². The quantitative estimate of drug-likeness (QED) is 0.777. The van der Waals surface area contributed by atoms with Crippen LogP contribution in [0.3, 0.4) is 0 Å². The first-order chi connectivity index (χ1) is 7.49. The molecule has 0 unspecified atom stereocenters. The third-order valence-corrected chi connectivity index (χ3v) is 2.66. The van der Waals surface area contributed by atoms with Gasteiger partial charge in [-0.3, -0.25) is 0 Å². The monoisotopic (exact) mass is 242 g/mol. The van der Waals surface area contributed by atoms with E-state index in [1.165, 1.54) is 0 Å². The van der Waals surface area contributed by atoms with Crippen LogP contribution in [0.4, 0.5) is 11.5 Å². The zero-order valence-corrected chi connectivity index (χ0v) is 10.8. The van der Waals surface area contributed by atoms with Gasteiger partial charge in [-0.25, -0.2) is 4.98 Å². The Morgan fingerprint density at radius 2 is 2.19 bits per heavy atom. The Labute approximate surface area is 102 Å². The fourth-order valence-electron chi connectivity index (χ4n) is 1.23. The summed E-state index contributed by atoms with van der Waals surface area (Å²) in [6.45, 7) is 6.10. The smallest absolute Gasteiger partial charge is 0.133 e. The SMILES string of the molecule is CC(C)N(C)CCNc1cc(N)cc(Cl)n1. The fourth-order valence-corrected chi connectivity index (χ4v) is 1.44. The zero-order valence-electron chi connectivity index (χ0n) is 10.00. The number of pyridine rings is 1. The molecule has 0 saturated carbocycles. The van der Waals surface area contributed by atoms with Crippen LogP contribution in [0.1, 0.15) is 13.8 Å². The lowest BCUT2D eigenvalue weighted by Crippen LogP contribution is -2.31. The van der Waals surface area contributed by atoms with Crippen molar-refractivity contribution >= 4 is 23.1 Å². The van der Waals surface area contributed by atoms with Crippen molar-refractivity contribution in [3.05, 3.63) is 17.3 Å². The van der Waals surface area contributed by atoms with Crippen LogP contribution in [0.5, 0.6) is 0 Å².